The third-order valence-electron chi connectivity index (χ3n) is 3.51. The summed E-state index contributed by atoms with van der Waals surface area (Å²) in [7, 11) is 3.80. The van der Waals surface area contributed by atoms with Crippen molar-refractivity contribution in [3.63, 3.8) is 0 Å². The third kappa shape index (κ3) is 4.18. The second kappa shape index (κ2) is 8.26. The van der Waals surface area contributed by atoms with Crippen molar-refractivity contribution in [2.45, 2.75) is 0 Å². The van der Waals surface area contributed by atoms with E-state index in [1.165, 1.54) is 28.4 Å². The number of para-hydroxylation sites is 1. The number of furan rings is 1. The van der Waals surface area contributed by atoms with Crippen LogP contribution in [0.1, 0.15) is 10.6 Å². The molecule has 3 aromatic rings. The molecule has 2 heterocycles. The molecule has 0 bridgehead atoms. The van der Waals surface area contributed by atoms with Gasteiger partial charge in [0.1, 0.15) is 4.92 Å². The molecule has 2 aromatic heterocycles. The largest absolute Gasteiger partial charge is 0.433 e. The van der Waals surface area contributed by atoms with Crippen molar-refractivity contribution >= 4 is 50.9 Å². The standard InChI is InChI=1S/C16H16N4O4S.ClH/c1-18(2)9-10-19(15(21)12-7-8-14(24-12)20(22)23)16-17-11-5-3-4-6-13(11)25-16;/h3-8H,9-10H2,1-2H3;1H. The summed E-state index contributed by atoms with van der Waals surface area (Å²) in [5, 5.41) is 11.3. The van der Waals surface area contributed by atoms with Crippen molar-refractivity contribution in [1.29, 1.82) is 0 Å². The van der Waals surface area contributed by atoms with E-state index in [2.05, 4.69) is 4.98 Å². The summed E-state index contributed by atoms with van der Waals surface area (Å²) in [6.45, 7) is 1.00. The van der Waals surface area contributed by atoms with Gasteiger partial charge in [0.05, 0.1) is 16.3 Å². The first-order chi connectivity index (χ1) is 12.0. The molecule has 0 fully saturated rings. The molecule has 0 aliphatic rings. The maximum absolute atomic E-state index is 12.8. The van der Waals surface area contributed by atoms with Crippen LogP contribution in [0.15, 0.2) is 40.8 Å². The van der Waals surface area contributed by atoms with Crippen molar-refractivity contribution in [3.8, 4) is 0 Å². The quantitative estimate of drug-likeness (QED) is 0.468. The van der Waals surface area contributed by atoms with Crippen molar-refractivity contribution in [3.05, 3.63) is 52.3 Å². The van der Waals surface area contributed by atoms with Gasteiger partial charge in [0.2, 0.25) is 0 Å². The van der Waals surface area contributed by atoms with Crippen molar-refractivity contribution in [1.82, 2.24) is 9.88 Å². The van der Waals surface area contributed by atoms with E-state index in [-0.39, 0.29) is 18.2 Å². The smallest absolute Gasteiger partial charge is 0.395 e. The van der Waals surface area contributed by atoms with Crippen molar-refractivity contribution in [2.24, 2.45) is 0 Å². The Morgan fingerprint density at radius 3 is 2.58 bits per heavy atom. The highest BCUT2D eigenvalue weighted by atomic mass is 35.5. The summed E-state index contributed by atoms with van der Waals surface area (Å²) in [6.07, 6.45) is 0. The SMILES string of the molecule is CN(C)CCN(C(=O)c1ccc([N+](=O)[O-])o1)c1nc2ccccc2s1.Cl. The molecule has 0 aliphatic heterocycles. The zero-order chi connectivity index (χ0) is 18.0. The minimum absolute atomic E-state index is 0. The Bertz CT molecular complexity index is 891. The lowest BCUT2D eigenvalue weighted by Crippen LogP contribution is -2.36. The number of nitrogens with zero attached hydrogens (tertiary/aromatic N) is 4. The van der Waals surface area contributed by atoms with Crippen LogP contribution in [0.25, 0.3) is 10.2 Å². The average molecular weight is 397 g/mol. The van der Waals surface area contributed by atoms with Crippen molar-refractivity contribution < 1.29 is 14.1 Å². The number of fused-ring (bicyclic) bond motifs is 1. The molecular formula is C16H17ClN4O4S. The highest BCUT2D eigenvalue weighted by molar-refractivity contribution is 7.22. The van der Waals surface area contributed by atoms with Gasteiger partial charge in [-0.1, -0.05) is 23.5 Å². The van der Waals surface area contributed by atoms with E-state index in [9.17, 15) is 14.9 Å². The van der Waals surface area contributed by atoms with Crippen LogP contribution in [-0.2, 0) is 0 Å². The Morgan fingerprint density at radius 2 is 1.96 bits per heavy atom. The van der Waals surface area contributed by atoms with Gasteiger partial charge in [-0.2, -0.15) is 0 Å². The Balaban J connectivity index is 0.00000243. The molecule has 0 radical (unpaired) electrons. The molecule has 138 valence electrons. The molecule has 0 spiro atoms. The minimum Gasteiger partial charge on any atom is -0.395 e. The predicted octanol–water partition coefficient (Wildman–Crippen LogP) is 3.43. The van der Waals surface area contributed by atoms with Crippen LogP contribution in [0, 0.1) is 10.1 Å². The highest BCUT2D eigenvalue weighted by Crippen LogP contribution is 2.30. The lowest BCUT2D eigenvalue weighted by Gasteiger charge is -2.20. The van der Waals surface area contributed by atoms with Gasteiger partial charge >= 0.3 is 5.88 Å². The molecule has 0 saturated carbocycles. The van der Waals surface area contributed by atoms with Gasteiger partial charge in [-0.25, -0.2) is 4.98 Å². The van der Waals surface area contributed by atoms with Crippen LogP contribution in [0.5, 0.6) is 0 Å². The number of nitro groups is 1. The molecule has 0 aliphatic carbocycles. The van der Waals surface area contributed by atoms with Crippen LogP contribution in [0.4, 0.5) is 11.0 Å². The van der Waals surface area contributed by atoms with E-state index in [1.54, 1.807) is 0 Å². The van der Waals surface area contributed by atoms with Crippen LogP contribution in [0.2, 0.25) is 0 Å². The molecule has 0 atom stereocenters. The molecule has 1 amide bonds. The van der Waals surface area contributed by atoms with Gasteiger partial charge in [-0.3, -0.25) is 19.8 Å². The number of carbonyl (C=O) groups excluding carboxylic acids is 1. The molecule has 1 aromatic carbocycles. The van der Waals surface area contributed by atoms with E-state index in [4.69, 9.17) is 4.42 Å². The minimum atomic E-state index is -0.668. The number of carbonyl (C=O) groups is 1. The maximum Gasteiger partial charge on any atom is 0.433 e. The van der Waals surface area contributed by atoms with Gasteiger partial charge < -0.3 is 9.32 Å². The predicted molar refractivity (Wildman–Crippen MR) is 102 cm³/mol. The number of rotatable bonds is 6. The first-order valence-corrected chi connectivity index (χ1v) is 8.34. The summed E-state index contributed by atoms with van der Waals surface area (Å²) in [5.41, 5.74) is 0.801. The molecule has 0 saturated heterocycles. The fourth-order valence-corrected chi connectivity index (χ4v) is 3.22. The normalized spacial score (nSPS) is 10.7. The number of amides is 1. The van der Waals surface area contributed by atoms with Crippen LogP contribution < -0.4 is 4.90 Å². The molecule has 26 heavy (non-hydrogen) atoms. The molecule has 3 rings (SSSR count). The Hall–Kier alpha value is -2.49. The third-order valence-corrected chi connectivity index (χ3v) is 4.57. The molecule has 0 unspecified atom stereocenters. The maximum atomic E-state index is 12.8. The number of anilines is 1. The van der Waals surface area contributed by atoms with Crippen LogP contribution in [0.3, 0.4) is 0 Å². The second-order valence-corrected chi connectivity index (χ2v) is 6.63. The molecule has 0 N–H and O–H groups in total. The monoisotopic (exact) mass is 396 g/mol. The number of hydrogen-bond acceptors (Lipinski definition) is 7. The topological polar surface area (TPSA) is 92.7 Å². The number of halogens is 1. The van der Waals surface area contributed by atoms with E-state index < -0.39 is 16.7 Å². The van der Waals surface area contributed by atoms with E-state index in [1.807, 2.05) is 43.3 Å². The van der Waals surface area contributed by atoms with Gasteiger partial charge in [0.15, 0.2) is 10.9 Å². The van der Waals surface area contributed by atoms with Gasteiger partial charge in [0, 0.05) is 13.1 Å². The fraction of sp³-hybridized carbons (Fsp3) is 0.250. The number of hydrogen-bond donors (Lipinski definition) is 0. The van der Waals surface area contributed by atoms with Crippen LogP contribution >= 0.6 is 23.7 Å². The van der Waals surface area contributed by atoms with Gasteiger partial charge in [-0.15, -0.1) is 12.4 Å². The van der Waals surface area contributed by atoms with Gasteiger partial charge in [0.25, 0.3) is 5.91 Å². The lowest BCUT2D eigenvalue weighted by atomic mass is 10.3. The number of benzene rings is 1. The molecular weight excluding hydrogens is 380 g/mol. The fourth-order valence-electron chi connectivity index (χ4n) is 2.23. The summed E-state index contributed by atoms with van der Waals surface area (Å²) in [5.74, 6) is -0.987. The Morgan fingerprint density at radius 1 is 1.23 bits per heavy atom. The van der Waals surface area contributed by atoms with E-state index >= 15 is 0 Å². The zero-order valence-corrected chi connectivity index (χ0v) is 15.7. The Labute approximate surface area is 159 Å². The second-order valence-electron chi connectivity index (χ2n) is 5.62. The average Bonchev–Trinajstić information content (AvgIpc) is 3.21. The number of aromatic nitrogens is 1. The summed E-state index contributed by atoms with van der Waals surface area (Å²) < 4.78 is 6.03. The van der Waals surface area contributed by atoms with E-state index in [0.717, 1.165) is 10.2 Å². The van der Waals surface area contributed by atoms with Crippen LogP contribution in [-0.4, -0.2) is 47.9 Å². The van der Waals surface area contributed by atoms with Gasteiger partial charge in [-0.05, 0) is 32.3 Å². The Kier molecular flexibility index (Phi) is 6.30. The lowest BCUT2D eigenvalue weighted by molar-refractivity contribution is -0.402. The highest BCUT2D eigenvalue weighted by Gasteiger charge is 2.26. The molecule has 10 heteroatoms. The summed E-state index contributed by atoms with van der Waals surface area (Å²) in [6, 6.07) is 10.1. The summed E-state index contributed by atoms with van der Waals surface area (Å²) >= 11 is 1.39. The number of likely N-dealkylation sites (N-methyl/N-ethyl adjacent to an activating group) is 1. The molecule has 8 nitrogen and oxygen atoms in total. The van der Waals surface area contributed by atoms with Crippen molar-refractivity contribution in [2.75, 3.05) is 32.1 Å². The van der Waals surface area contributed by atoms with E-state index in [0.29, 0.717) is 18.2 Å². The first kappa shape index (κ1) is 19.8. The number of thiazole rings is 1. The summed E-state index contributed by atoms with van der Waals surface area (Å²) in [4.78, 5) is 30.9. The first-order valence-electron chi connectivity index (χ1n) is 7.52. The zero-order valence-electron chi connectivity index (χ0n) is 14.1.